The Morgan fingerprint density at radius 1 is 0.650 bits per heavy atom. The summed E-state index contributed by atoms with van der Waals surface area (Å²) in [5.41, 5.74) is 1.43. The highest BCUT2D eigenvalue weighted by Gasteiger charge is 2.05. The van der Waals surface area contributed by atoms with Gasteiger partial charge < -0.3 is 0 Å². The van der Waals surface area contributed by atoms with Crippen LogP contribution in [0.2, 0.25) is 0 Å². The molecule has 0 spiro atoms. The van der Waals surface area contributed by atoms with Gasteiger partial charge in [0.15, 0.2) is 0 Å². The van der Waals surface area contributed by atoms with Gasteiger partial charge in [-0.25, -0.2) is 0 Å². The number of fused-ring (bicyclic) bond motifs is 4. The van der Waals surface area contributed by atoms with E-state index in [0.717, 1.165) is 6.42 Å². The van der Waals surface area contributed by atoms with E-state index >= 15 is 0 Å². The SMILES string of the molecule is CCc1cccc2ccc3cc4ccccc4cc3c12. The number of hydrogen-bond acceptors (Lipinski definition) is 0. The summed E-state index contributed by atoms with van der Waals surface area (Å²) in [7, 11) is 0. The van der Waals surface area contributed by atoms with Crippen molar-refractivity contribution in [2.45, 2.75) is 13.3 Å². The van der Waals surface area contributed by atoms with Gasteiger partial charge in [0.2, 0.25) is 0 Å². The van der Waals surface area contributed by atoms with Gasteiger partial charge in [-0.15, -0.1) is 0 Å². The molecule has 0 nitrogen and oxygen atoms in total. The van der Waals surface area contributed by atoms with Crippen LogP contribution in [0.1, 0.15) is 12.5 Å². The van der Waals surface area contributed by atoms with Crippen LogP contribution in [0.4, 0.5) is 0 Å². The molecule has 20 heavy (non-hydrogen) atoms. The summed E-state index contributed by atoms with van der Waals surface area (Å²) in [6, 6.07) is 24.3. The highest BCUT2D eigenvalue weighted by Crippen LogP contribution is 2.31. The molecule has 0 bridgehead atoms. The molecule has 96 valence electrons. The highest BCUT2D eigenvalue weighted by molar-refractivity contribution is 6.13. The Hall–Kier alpha value is -2.34. The predicted octanol–water partition coefficient (Wildman–Crippen LogP) is 5.71. The fraction of sp³-hybridized carbons (Fsp3) is 0.100. The minimum absolute atomic E-state index is 1.07. The van der Waals surface area contributed by atoms with Crippen LogP contribution in [0.3, 0.4) is 0 Å². The smallest absolute Gasteiger partial charge is 0.00732 e. The first-order valence-electron chi connectivity index (χ1n) is 7.20. The Balaban J connectivity index is 2.25. The van der Waals surface area contributed by atoms with Crippen molar-refractivity contribution in [1.82, 2.24) is 0 Å². The van der Waals surface area contributed by atoms with Crippen LogP contribution in [0.5, 0.6) is 0 Å². The van der Waals surface area contributed by atoms with Crippen LogP contribution in [-0.4, -0.2) is 0 Å². The second kappa shape index (κ2) is 4.35. The molecule has 0 aromatic heterocycles. The average molecular weight is 256 g/mol. The van der Waals surface area contributed by atoms with Gasteiger partial charge in [0, 0.05) is 0 Å². The van der Waals surface area contributed by atoms with Gasteiger partial charge in [-0.05, 0) is 56.4 Å². The van der Waals surface area contributed by atoms with Crippen molar-refractivity contribution in [3.63, 3.8) is 0 Å². The molecular formula is C20H16. The Morgan fingerprint density at radius 3 is 2.15 bits per heavy atom. The molecule has 0 unspecified atom stereocenters. The van der Waals surface area contributed by atoms with E-state index in [0.29, 0.717) is 0 Å². The maximum atomic E-state index is 2.34. The Kier molecular flexibility index (Phi) is 2.50. The standard InChI is InChI=1S/C20H16/c1-2-14-8-5-9-15-10-11-18-12-16-6-3-4-7-17(16)13-19(18)20(14)15/h3-13H,2H2,1H3. The van der Waals surface area contributed by atoms with Crippen molar-refractivity contribution in [2.75, 3.05) is 0 Å². The van der Waals surface area contributed by atoms with Crippen LogP contribution >= 0.6 is 0 Å². The van der Waals surface area contributed by atoms with Crippen molar-refractivity contribution in [3.8, 4) is 0 Å². The monoisotopic (exact) mass is 256 g/mol. The lowest BCUT2D eigenvalue weighted by molar-refractivity contribution is 1.16. The van der Waals surface area contributed by atoms with E-state index in [2.05, 4.69) is 73.7 Å². The van der Waals surface area contributed by atoms with Crippen molar-refractivity contribution >= 4 is 32.3 Å². The predicted molar refractivity (Wildman–Crippen MR) is 88.3 cm³/mol. The number of hydrogen-bond donors (Lipinski definition) is 0. The lowest BCUT2D eigenvalue weighted by atomic mass is 9.94. The Labute approximate surface area is 118 Å². The lowest BCUT2D eigenvalue weighted by Crippen LogP contribution is -1.86. The fourth-order valence-corrected chi connectivity index (χ4v) is 3.17. The molecule has 0 radical (unpaired) electrons. The molecule has 0 aliphatic rings. The average Bonchev–Trinajstić information content (AvgIpc) is 2.52. The topological polar surface area (TPSA) is 0 Å². The van der Waals surface area contributed by atoms with Crippen molar-refractivity contribution in [1.29, 1.82) is 0 Å². The number of benzene rings is 4. The van der Waals surface area contributed by atoms with E-state index in [1.165, 1.54) is 37.9 Å². The van der Waals surface area contributed by atoms with Crippen LogP contribution in [0.25, 0.3) is 32.3 Å². The van der Waals surface area contributed by atoms with Gasteiger partial charge in [-0.2, -0.15) is 0 Å². The molecule has 0 fully saturated rings. The summed E-state index contributed by atoms with van der Waals surface area (Å²) in [5.74, 6) is 0. The van der Waals surface area contributed by atoms with Crippen molar-refractivity contribution in [3.05, 3.63) is 72.3 Å². The summed E-state index contributed by atoms with van der Waals surface area (Å²) in [6.45, 7) is 2.23. The summed E-state index contributed by atoms with van der Waals surface area (Å²) >= 11 is 0. The molecule has 0 heterocycles. The molecular weight excluding hydrogens is 240 g/mol. The van der Waals surface area contributed by atoms with E-state index in [-0.39, 0.29) is 0 Å². The molecule has 0 aliphatic carbocycles. The van der Waals surface area contributed by atoms with Crippen LogP contribution in [0, 0.1) is 0 Å². The molecule has 0 saturated heterocycles. The van der Waals surface area contributed by atoms with E-state index < -0.39 is 0 Å². The molecule has 4 aromatic carbocycles. The lowest BCUT2D eigenvalue weighted by Gasteiger charge is -2.10. The minimum atomic E-state index is 1.07. The summed E-state index contributed by atoms with van der Waals surface area (Å²) in [6.07, 6.45) is 1.07. The molecule has 0 amide bonds. The molecule has 4 aromatic rings. The Bertz CT molecular complexity index is 932. The maximum absolute atomic E-state index is 2.34. The van der Waals surface area contributed by atoms with E-state index in [4.69, 9.17) is 0 Å². The van der Waals surface area contributed by atoms with Crippen LogP contribution < -0.4 is 0 Å². The van der Waals surface area contributed by atoms with Gasteiger partial charge in [0.25, 0.3) is 0 Å². The first kappa shape index (κ1) is 11.5. The zero-order chi connectivity index (χ0) is 13.5. The maximum Gasteiger partial charge on any atom is -0.00732 e. The first-order valence-corrected chi connectivity index (χ1v) is 7.20. The van der Waals surface area contributed by atoms with Crippen LogP contribution in [-0.2, 0) is 6.42 Å². The highest BCUT2D eigenvalue weighted by atomic mass is 14.1. The minimum Gasteiger partial charge on any atom is -0.0616 e. The molecule has 4 rings (SSSR count). The number of rotatable bonds is 1. The summed E-state index contributed by atoms with van der Waals surface area (Å²) < 4.78 is 0. The van der Waals surface area contributed by atoms with E-state index in [1.807, 2.05) is 0 Å². The summed E-state index contributed by atoms with van der Waals surface area (Å²) in [5, 5.41) is 8.09. The fourth-order valence-electron chi connectivity index (χ4n) is 3.17. The normalized spacial score (nSPS) is 11.4. The van der Waals surface area contributed by atoms with Gasteiger partial charge in [-0.1, -0.05) is 61.5 Å². The summed E-state index contributed by atoms with van der Waals surface area (Å²) in [4.78, 5) is 0. The molecule has 0 N–H and O–H groups in total. The number of aryl methyl sites for hydroxylation is 1. The van der Waals surface area contributed by atoms with Gasteiger partial charge in [-0.3, -0.25) is 0 Å². The third-order valence-corrected chi connectivity index (χ3v) is 4.19. The zero-order valence-corrected chi connectivity index (χ0v) is 11.6. The Morgan fingerprint density at radius 2 is 1.35 bits per heavy atom. The van der Waals surface area contributed by atoms with Gasteiger partial charge in [0.1, 0.15) is 0 Å². The van der Waals surface area contributed by atoms with Crippen LogP contribution in [0.15, 0.2) is 66.7 Å². The zero-order valence-electron chi connectivity index (χ0n) is 11.6. The molecule has 0 aliphatic heterocycles. The van der Waals surface area contributed by atoms with Crippen molar-refractivity contribution in [2.24, 2.45) is 0 Å². The third-order valence-electron chi connectivity index (χ3n) is 4.19. The third kappa shape index (κ3) is 1.61. The molecule has 0 heteroatoms. The molecule has 0 saturated carbocycles. The van der Waals surface area contributed by atoms with E-state index in [9.17, 15) is 0 Å². The van der Waals surface area contributed by atoms with E-state index in [1.54, 1.807) is 0 Å². The largest absolute Gasteiger partial charge is 0.0616 e. The van der Waals surface area contributed by atoms with Gasteiger partial charge in [0.05, 0.1) is 0 Å². The van der Waals surface area contributed by atoms with Crippen molar-refractivity contribution < 1.29 is 0 Å². The molecule has 0 atom stereocenters. The second-order valence-electron chi connectivity index (χ2n) is 5.35. The first-order chi connectivity index (χ1) is 9.86. The quantitative estimate of drug-likeness (QED) is 0.302. The second-order valence-corrected chi connectivity index (χ2v) is 5.35. The van der Waals surface area contributed by atoms with Gasteiger partial charge >= 0.3 is 0 Å².